The molecule has 18 heavy (non-hydrogen) atoms. The number of aryl methyl sites for hydroxylation is 3. The van der Waals surface area contributed by atoms with Gasteiger partial charge in [0, 0.05) is 35.2 Å². The minimum Gasteiger partial charge on any atom is -0.334 e. The first-order valence-electron chi connectivity index (χ1n) is 6.47. The molecule has 0 bridgehead atoms. The molecule has 0 unspecified atom stereocenters. The number of nitrogens with zero attached hydrogens (tertiary/aromatic N) is 2. The maximum Gasteiger partial charge on any atom is 0.122 e. The average Bonchev–Trinajstić information content (AvgIpc) is 2.89. The van der Waals surface area contributed by atoms with Crippen LogP contribution in [0.25, 0.3) is 0 Å². The molecule has 0 saturated heterocycles. The fraction of sp³-hybridized carbons (Fsp3) is 0.500. The second-order valence-electron chi connectivity index (χ2n) is 4.59. The predicted molar refractivity (Wildman–Crippen MR) is 76.9 cm³/mol. The van der Waals surface area contributed by atoms with Gasteiger partial charge in [0.1, 0.15) is 5.82 Å². The van der Waals surface area contributed by atoms with Crippen LogP contribution in [-0.4, -0.2) is 9.55 Å². The SMILES string of the molecule is CCCn1ccnc1CNCc1cc(C)c(C)s1. The van der Waals surface area contributed by atoms with Gasteiger partial charge in [-0.25, -0.2) is 4.98 Å². The second-order valence-corrected chi connectivity index (χ2v) is 5.93. The van der Waals surface area contributed by atoms with E-state index in [0.717, 1.165) is 31.9 Å². The Bertz CT molecular complexity index is 479. The number of hydrogen-bond donors (Lipinski definition) is 1. The van der Waals surface area contributed by atoms with Gasteiger partial charge in [-0.1, -0.05) is 6.92 Å². The quantitative estimate of drug-likeness (QED) is 0.867. The zero-order valence-electron chi connectivity index (χ0n) is 11.4. The molecule has 1 N–H and O–H groups in total. The Morgan fingerprint density at radius 2 is 2.17 bits per heavy atom. The molecule has 2 aromatic heterocycles. The molecule has 0 atom stereocenters. The van der Waals surface area contributed by atoms with Gasteiger partial charge in [-0.05, 0) is 31.9 Å². The van der Waals surface area contributed by atoms with E-state index in [9.17, 15) is 0 Å². The van der Waals surface area contributed by atoms with Crippen molar-refractivity contribution in [3.63, 3.8) is 0 Å². The third-order valence-corrected chi connectivity index (χ3v) is 4.22. The lowest BCUT2D eigenvalue weighted by Crippen LogP contribution is -2.16. The number of imidazole rings is 1. The smallest absolute Gasteiger partial charge is 0.122 e. The van der Waals surface area contributed by atoms with Crippen molar-refractivity contribution in [3.8, 4) is 0 Å². The Kier molecular flexibility index (Phi) is 4.55. The Hall–Kier alpha value is -1.13. The monoisotopic (exact) mass is 263 g/mol. The Morgan fingerprint density at radius 3 is 2.83 bits per heavy atom. The summed E-state index contributed by atoms with van der Waals surface area (Å²) in [6.07, 6.45) is 5.08. The zero-order chi connectivity index (χ0) is 13.0. The van der Waals surface area contributed by atoms with Crippen molar-refractivity contribution in [2.24, 2.45) is 0 Å². The third-order valence-electron chi connectivity index (χ3n) is 3.07. The van der Waals surface area contributed by atoms with Gasteiger partial charge in [0.05, 0.1) is 6.54 Å². The molecule has 0 saturated carbocycles. The van der Waals surface area contributed by atoms with E-state index >= 15 is 0 Å². The van der Waals surface area contributed by atoms with Crippen molar-refractivity contribution < 1.29 is 0 Å². The van der Waals surface area contributed by atoms with Gasteiger partial charge in [-0.3, -0.25) is 0 Å². The zero-order valence-corrected chi connectivity index (χ0v) is 12.2. The van der Waals surface area contributed by atoms with Crippen molar-refractivity contribution >= 4 is 11.3 Å². The lowest BCUT2D eigenvalue weighted by molar-refractivity contribution is 0.590. The van der Waals surface area contributed by atoms with Crippen LogP contribution in [0.4, 0.5) is 0 Å². The molecule has 0 fully saturated rings. The maximum atomic E-state index is 4.39. The summed E-state index contributed by atoms with van der Waals surface area (Å²) in [6, 6.07) is 2.27. The summed E-state index contributed by atoms with van der Waals surface area (Å²) in [7, 11) is 0. The van der Waals surface area contributed by atoms with Gasteiger partial charge in [0.15, 0.2) is 0 Å². The molecule has 0 aliphatic carbocycles. The normalized spacial score (nSPS) is 11.1. The molecular weight excluding hydrogens is 242 g/mol. The van der Waals surface area contributed by atoms with Crippen molar-refractivity contribution in [3.05, 3.63) is 39.6 Å². The van der Waals surface area contributed by atoms with Crippen LogP contribution in [0.1, 0.15) is 34.5 Å². The van der Waals surface area contributed by atoms with Crippen LogP contribution in [0.5, 0.6) is 0 Å². The van der Waals surface area contributed by atoms with Crippen LogP contribution >= 0.6 is 11.3 Å². The number of nitrogens with one attached hydrogen (secondary N) is 1. The molecule has 0 spiro atoms. The van der Waals surface area contributed by atoms with Gasteiger partial charge < -0.3 is 9.88 Å². The largest absolute Gasteiger partial charge is 0.334 e. The molecule has 0 aromatic carbocycles. The van der Waals surface area contributed by atoms with Gasteiger partial charge in [-0.15, -0.1) is 11.3 Å². The Labute approximate surface area is 113 Å². The fourth-order valence-corrected chi connectivity index (χ4v) is 3.01. The van der Waals surface area contributed by atoms with Crippen LogP contribution in [0.15, 0.2) is 18.5 Å². The highest BCUT2D eigenvalue weighted by Gasteiger charge is 2.03. The van der Waals surface area contributed by atoms with Crippen LogP contribution < -0.4 is 5.32 Å². The standard InChI is InChI=1S/C14H21N3S/c1-4-6-17-7-5-16-14(17)10-15-9-13-8-11(2)12(3)18-13/h5,7-8,15H,4,6,9-10H2,1-3H3. The van der Waals surface area contributed by atoms with Crippen LogP contribution in [0, 0.1) is 13.8 Å². The highest BCUT2D eigenvalue weighted by Crippen LogP contribution is 2.20. The molecule has 0 aliphatic heterocycles. The minimum absolute atomic E-state index is 0.836. The second kappa shape index (κ2) is 6.16. The minimum atomic E-state index is 0.836. The lowest BCUT2D eigenvalue weighted by atomic mass is 10.3. The first-order chi connectivity index (χ1) is 8.70. The number of thiophene rings is 1. The van der Waals surface area contributed by atoms with E-state index in [-0.39, 0.29) is 0 Å². The predicted octanol–water partition coefficient (Wildman–Crippen LogP) is 3.26. The Morgan fingerprint density at radius 1 is 1.33 bits per heavy atom. The van der Waals surface area contributed by atoms with Crippen molar-refractivity contribution in [1.82, 2.24) is 14.9 Å². The van der Waals surface area contributed by atoms with E-state index in [0.29, 0.717) is 0 Å². The van der Waals surface area contributed by atoms with Crippen LogP contribution in [0.3, 0.4) is 0 Å². The summed E-state index contributed by atoms with van der Waals surface area (Å²) in [5.74, 6) is 1.13. The number of aromatic nitrogens is 2. The molecule has 0 radical (unpaired) electrons. The maximum absolute atomic E-state index is 4.39. The molecule has 2 heterocycles. The molecule has 2 rings (SSSR count). The molecule has 0 aliphatic rings. The third kappa shape index (κ3) is 3.21. The number of hydrogen-bond acceptors (Lipinski definition) is 3. The van der Waals surface area contributed by atoms with Crippen molar-refractivity contribution in [1.29, 1.82) is 0 Å². The van der Waals surface area contributed by atoms with Crippen LogP contribution in [-0.2, 0) is 19.6 Å². The van der Waals surface area contributed by atoms with E-state index in [1.165, 1.54) is 15.3 Å². The van der Waals surface area contributed by atoms with Crippen LogP contribution in [0.2, 0.25) is 0 Å². The highest BCUT2D eigenvalue weighted by atomic mass is 32.1. The van der Waals surface area contributed by atoms with Crippen molar-refractivity contribution in [2.45, 2.75) is 46.8 Å². The molecule has 3 nitrogen and oxygen atoms in total. The number of rotatable bonds is 6. The van der Waals surface area contributed by atoms with E-state index in [4.69, 9.17) is 0 Å². The molecule has 98 valence electrons. The molecular formula is C14H21N3S. The molecule has 0 amide bonds. The first-order valence-corrected chi connectivity index (χ1v) is 7.29. The Balaban J connectivity index is 1.86. The summed E-state index contributed by atoms with van der Waals surface area (Å²) in [5, 5.41) is 3.47. The summed E-state index contributed by atoms with van der Waals surface area (Å²) in [5.41, 5.74) is 1.39. The van der Waals surface area contributed by atoms with E-state index in [2.05, 4.69) is 47.9 Å². The van der Waals surface area contributed by atoms with Gasteiger partial charge in [-0.2, -0.15) is 0 Å². The average molecular weight is 263 g/mol. The topological polar surface area (TPSA) is 29.9 Å². The molecule has 2 aromatic rings. The van der Waals surface area contributed by atoms with Gasteiger partial charge in [0.2, 0.25) is 0 Å². The van der Waals surface area contributed by atoms with Crippen molar-refractivity contribution in [2.75, 3.05) is 0 Å². The van der Waals surface area contributed by atoms with E-state index in [1.54, 1.807) is 0 Å². The lowest BCUT2D eigenvalue weighted by Gasteiger charge is -2.06. The highest BCUT2D eigenvalue weighted by molar-refractivity contribution is 7.12. The summed E-state index contributed by atoms with van der Waals surface area (Å²) < 4.78 is 2.22. The summed E-state index contributed by atoms with van der Waals surface area (Å²) in [4.78, 5) is 7.21. The fourth-order valence-electron chi connectivity index (χ4n) is 1.99. The van der Waals surface area contributed by atoms with E-state index < -0.39 is 0 Å². The van der Waals surface area contributed by atoms with Gasteiger partial charge in [0.25, 0.3) is 0 Å². The van der Waals surface area contributed by atoms with E-state index in [1.807, 2.05) is 17.5 Å². The summed E-state index contributed by atoms with van der Waals surface area (Å²) in [6.45, 7) is 9.35. The molecule has 4 heteroatoms. The van der Waals surface area contributed by atoms with Gasteiger partial charge >= 0.3 is 0 Å². The summed E-state index contributed by atoms with van der Waals surface area (Å²) >= 11 is 1.88. The first kappa shape index (κ1) is 13.3.